The van der Waals surface area contributed by atoms with Crippen molar-refractivity contribution >= 4 is 11.6 Å². The molecule has 0 amide bonds. The van der Waals surface area contributed by atoms with Gasteiger partial charge in [-0.1, -0.05) is 18.0 Å². The van der Waals surface area contributed by atoms with E-state index >= 15 is 0 Å². The van der Waals surface area contributed by atoms with Crippen LogP contribution in [-0.4, -0.2) is 30.6 Å². The van der Waals surface area contributed by atoms with Crippen LogP contribution in [0.25, 0.3) is 0 Å². The SMILES string of the molecule is Fc1ccc(OC[C@@H]2CCCN3CCCC[C@H]23)c(Cl)c1. The Morgan fingerprint density at radius 3 is 2.90 bits per heavy atom. The molecule has 4 heteroatoms. The zero-order chi connectivity index (χ0) is 13.9. The van der Waals surface area contributed by atoms with E-state index in [2.05, 4.69) is 4.90 Å². The van der Waals surface area contributed by atoms with Gasteiger partial charge in [-0.15, -0.1) is 0 Å². The first-order valence-electron chi connectivity index (χ1n) is 7.56. The topological polar surface area (TPSA) is 12.5 Å². The van der Waals surface area contributed by atoms with Gasteiger partial charge in [-0.2, -0.15) is 0 Å². The molecule has 2 aliphatic heterocycles. The number of hydrogen-bond acceptors (Lipinski definition) is 2. The maximum atomic E-state index is 13.0. The van der Waals surface area contributed by atoms with E-state index < -0.39 is 0 Å². The molecule has 1 aromatic rings. The van der Waals surface area contributed by atoms with Gasteiger partial charge in [0.15, 0.2) is 0 Å². The molecular weight excluding hydrogens is 277 g/mol. The summed E-state index contributed by atoms with van der Waals surface area (Å²) >= 11 is 6.01. The molecule has 2 fully saturated rings. The number of fused-ring (bicyclic) bond motifs is 1. The molecule has 0 bridgehead atoms. The number of hydrogen-bond donors (Lipinski definition) is 0. The van der Waals surface area contributed by atoms with Gasteiger partial charge in [0.1, 0.15) is 11.6 Å². The lowest BCUT2D eigenvalue weighted by molar-refractivity contribution is 0.0366. The monoisotopic (exact) mass is 297 g/mol. The molecule has 2 aliphatic rings. The first kappa shape index (κ1) is 14.2. The predicted octanol–water partition coefficient (Wildman–Crippen LogP) is 4.12. The lowest BCUT2D eigenvalue weighted by Crippen LogP contribution is -2.49. The van der Waals surface area contributed by atoms with E-state index in [-0.39, 0.29) is 5.82 Å². The molecule has 2 atom stereocenters. The standard InChI is InChI=1S/C16H21ClFNO/c17-14-10-13(18)6-7-16(14)20-11-12-4-3-9-19-8-2-1-5-15(12)19/h6-7,10,12,15H,1-5,8-9,11H2/t12-,15+/m0/s1. The Bertz CT molecular complexity index is 466. The maximum absolute atomic E-state index is 13.0. The van der Waals surface area contributed by atoms with Crippen molar-refractivity contribution < 1.29 is 9.13 Å². The highest BCUT2D eigenvalue weighted by Crippen LogP contribution is 2.32. The Labute approximate surface area is 124 Å². The van der Waals surface area contributed by atoms with Gasteiger partial charge in [-0.05, 0) is 57.0 Å². The molecule has 3 rings (SSSR count). The van der Waals surface area contributed by atoms with Gasteiger partial charge in [0, 0.05) is 12.0 Å². The van der Waals surface area contributed by atoms with Crippen LogP contribution >= 0.6 is 11.6 Å². The van der Waals surface area contributed by atoms with Crippen molar-refractivity contribution in [2.75, 3.05) is 19.7 Å². The summed E-state index contributed by atoms with van der Waals surface area (Å²) in [6.45, 7) is 3.16. The minimum atomic E-state index is -0.321. The minimum Gasteiger partial charge on any atom is -0.492 e. The van der Waals surface area contributed by atoms with E-state index in [0.717, 1.165) is 0 Å². The number of ether oxygens (including phenoxy) is 1. The molecular formula is C16H21ClFNO. The number of nitrogens with zero attached hydrogens (tertiary/aromatic N) is 1. The van der Waals surface area contributed by atoms with Gasteiger partial charge in [0.25, 0.3) is 0 Å². The Balaban J connectivity index is 1.62. The van der Waals surface area contributed by atoms with Crippen molar-refractivity contribution in [3.8, 4) is 5.75 Å². The number of benzene rings is 1. The smallest absolute Gasteiger partial charge is 0.138 e. The molecule has 0 aliphatic carbocycles. The number of piperidine rings is 2. The van der Waals surface area contributed by atoms with Crippen LogP contribution in [0.1, 0.15) is 32.1 Å². The van der Waals surface area contributed by atoms with Gasteiger partial charge < -0.3 is 4.74 Å². The van der Waals surface area contributed by atoms with E-state index in [4.69, 9.17) is 16.3 Å². The molecule has 2 nitrogen and oxygen atoms in total. The Hall–Kier alpha value is -0.800. The molecule has 20 heavy (non-hydrogen) atoms. The molecule has 110 valence electrons. The van der Waals surface area contributed by atoms with Crippen LogP contribution in [-0.2, 0) is 0 Å². The molecule has 0 radical (unpaired) electrons. The highest BCUT2D eigenvalue weighted by Gasteiger charge is 2.33. The Morgan fingerprint density at radius 2 is 2.05 bits per heavy atom. The van der Waals surface area contributed by atoms with Crippen molar-refractivity contribution in [3.63, 3.8) is 0 Å². The molecule has 0 saturated carbocycles. The third-order valence-electron chi connectivity index (χ3n) is 4.58. The van der Waals surface area contributed by atoms with Crippen LogP contribution in [0.4, 0.5) is 4.39 Å². The van der Waals surface area contributed by atoms with Crippen molar-refractivity contribution in [3.05, 3.63) is 29.0 Å². The summed E-state index contributed by atoms with van der Waals surface area (Å²) < 4.78 is 18.9. The molecule has 0 aromatic heterocycles. The van der Waals surface area contributed by atoms with E-state index in [1.807, 2.05) is 0 Å². The molecule has 1 aromatic carbocycles. The highest BCUT2D eigenvalue weighted by atomic mass is 35.5. The van der Waals surface area contributed by atoms with Gasteiger partial charge >= 0.3 is 0 Å². The second-order valence-electron chi connectivity index (χ2n) is 5.89. The molecule has 2 saturated heterocycles. The Morgan fingerprint density at radius 1 is 1.20 bits per heavy atom. The molecule has 0 N–H and O–H groups in total. The zero-order valence-corrected chi connectivity index (χ0v) is 12.4. The first-order valence-corrected chi connectivity index (χ1v) is 7.94. The quantitative estimate of drug-likeness (QED) is 0.832. The van der Waals surface area contributed by atoms with Gasteiger partial charge in [0.2, 0.25) is 0 Å². The van der Waals surface area contributed by atoms with Gasteiger partial charge in [0.05, 0.1) is 11.6 Å². The summed E-state index contributed by atoms with van der Waals surface area (Å²) in [4.78, 5) is 2.62. The fraction of sp³-hybridized carbons (Fsp3) is 0.625. The summed E-state index contributed by atoms with van der Waals surface area (Å²) in [7, 11) is 0. The Kier molecular flexibility index (Phi) is 4.47. The summed E-state index contributed by atoms with van der Waals surface area (Å²) in [5.74, 6) is 0.852. The minimum absolute atomic E-state index is 0.321. The van der Waals surface area contributed by atoms with E-state index in [9.17, 15) is 4.39 Å². The van der Waals surface area contributed by atoms with Gasteiger partial charge in [-0.25, -0.2) is 4.39 Å². The van der Waals surface area contributed by atoms with Crippen LogP contribution < -0.4 is 4.74 Å². The summed E-state index contributed by atoms with van der Waals surface area (Å²) in [6.07, 6.45) is 6.41. The maximum Gasteiger partial charge on any atom is 0.138 e. The number of halogens is 2. The highest BCUT2D eigenvalue weighted by molar-refractivity contribution is 6.32. The zero-order valence-electron chi connectivity index (χ0n) is 11.7. The summed E-state index contributed by atoms with van der Waals surface area (Å²) in [5.41, 5.74) is 0. The second-order valence-corrected chi connectivity index (χ2v) is 6.29. The van der Waals surface area contributed by atoms with E-state index in [0.29, 0.717) is 29.3 Å². The van der Waals surface area contributed by atoms with Crippen molar-refractivity contribution in [2.24, 2.45) is 5.92 Å². The molecule has 2 heterocycles. The van der Waals surface area contributed by atoms with Crippen LogP contribution in [0.5, 0.6) is 5.75 Å². The van der Waals surface area contributed by atoms with Crippen molar-refractivity contribution in [1.82, 2.24) is 4.90 Å². The molecule has 0 unspecified atom stereocenters. The lowest BCUT2D eigenvalue weighted by Gasteiger charge is -2.44. The predicted molar refractivity (Wildman–Crippen MR) is 78.8 cm³/mol. The summed E-state index contributed by atoms with van der Waals surface area (Å²) in [6, 6.07) is 5.00. The van der Waals surface area contributed by atoms with Crippen LogP contribution in [0.15, 0.2) is 18.2 Å². The molecule has 0 spiro atoms. The average molecular weight is 298 g/mol. The van der Waals surface area contributed by atoms with Crippen molar-refractivity contribution in [2.45, 2.75) is 38.1 Å². The van der Waals surface area contributed by atoms with Crippen LogP contribution in [0.2, 0.25) is 5.02 Å². The first-order chi connectivity index (χ1) is 9.74. The third-order valence-corrected chi connectivity index (χ3v) is 4.87. The lowest BCUT2D eigenvalue weighted by atomic mass is 9.84. The summed E-state index contributed by atoms with van der Waals surface area (Å²) in [5, 5.41) is 0.362. The normalized spacial score (nSPS) is 27.1. The second kappa shape index (κ2) is 6.31. The van der Waals surface area contributed by atoms with Crippen LogP contribution in [0, 0.1) is 11.7 Å². The van der Waals surface area contributed by atoms with Crippen LogP contribution in [0.3, 0.4) is 0 Å². The number of rotatable bonds is 3. The fourth-order valence-electron chi connectivity index (χ4n) is 3.56. The van der Waals surface area contributed by atoms with E-state index in [1.54, 1.807) is 6.07 Å². The fourth-order valence-corrected chi connectivity index (χ4v) is 3.78. The third kappa shape index (κ3) is 3.09. The van der Waals surface area contributed by atoms with E-state index in [1.165, 1.54) is 57.3 Å². The largest absolute Gasteiger partial charge is 0.492 e. The average Bonchev–Trinajstić information content (AvgIpc) is 2.46. The van der Waals surface area contributed by atoms with Gasteiger partial charge in [-0.3, -0.25) is 4.90 Å². The van der Waals surface area contributed by atoms with Crippen molar-refractivity contribution in [1.29, 1.82) is 0 Å².